The van der Waals surface area contributed by atoms with Crippen molar-refractivity contribution in [3.63, 3.8) is 0 Å². The number of rotatable bonds is 26. The molecular formula is C30H57O4+. The van der Waals surface area contributed by atoms with Crippen LogP contribution in [-0.4, -0.2) is 24.8 Å². The summed E-state index contributed by atoms with van der Waals surface area (Å²) in [6, 6.07) is 0. The zero-order valence-corrected chi connectivity index (χ0v) is 22.9. The lowest BCUT2D eigenvalue weighted by molar-refractivity contribution is -0.375. The van der Waals surface area contributed by atoms with Gasteiger partial charge in [0.2, 0.25) is 6.29 Å². The van der Waals surface area contributed by atoms with Crippen molar-refractivity contribution in [1.29, 1.82) is 0 Å². The van der Waals surface area contributed by atoms with E-state index in [1.165, 1.54) is 122 Å². The Morgan fingerprint density at radius 1 is 0.529 bits per heavy atom. The Morgan fingerprint density at radius 3 is 1.29 bits per heavy atom. The van der Waals surface area contributed by atoms with Gasteiger partial charge in [-0.1, -0.05) is 142 Å². The Labute approximate surface area is 211 Å². The molecule has 34 heavy (non-hydrogen) atoms. The van der Waals surface area contributed by atoms with E-state index < -0.39 is 0 Å². The molecular weight excluding hydrogens is 424 g/mol. The van der Waals surface area contributed by atoms with Gasteiger partial charge in [-0.05, 0) is 12.8 Å². The molecule has 0 saturated carbocycles. The molecule has 0 spiro atoms. The maximum Gasteiger partial charge on any atom is 0.579 e. The molecule has 0 aromatic heterocycles. The van der Waals surface area contributed by atoms with Crippen molar-refractivity contribution < 1.29 is 18.8 Å². The van der Waals surface area contributed by atoms with E-state index in [1.807, 2.05) is 0 Å². The van der Waals surface area contributed by atoms with Crippen molar-refractivity contribution in [2.24, 2.45) is 0 Å². The number of carbonyl (C=O) groups is 2. The molecule has 0 unspecified atom stereocenters. The summed E-state index contributed by atoms with van der Waals surface area (Å²) in [6.07, 6.45) is 30.0. The third kappa shape index (κ3) is 27.1. The van der Waals surface area contributed by atoms with Gasteiger partial charge in [0.05, 0.1) is 0 Å². The number of carbonyl (C=O) groups excluding carboxylic acids is 3. The first-order valence-electron chi connectivity index (χ1n) is 14.9. The maximum atomic E-state index is 11.8. The van der Waals surface area contributed by atoms with Gasteiger partial charge in [-0.3, -0.25) is 9.22 Å². The molecule has 0 amide bonds. The molecule has 0 saturated heterocycles. The van der Waals surface area contributed by atoms with E-state index in [1.54, 1.807) is 0 Å². The lowest BCUT2D eigenvalue weighted by Crippen LogP contribution is -2.08. The first kappa shape index (κ1) is 32.8. The first-order valence-corrected chi connectivity index (χ1v) is 14.9. The quantitative estimate of drug-likeness (QED) is 0.0535. The summed E-state index contributed by atoms with van der Waals surface area (Å²) in [5.41, 5.74) is 0. The molecule has 200 valence electrons. The van der Waals surface area contributed by atoms with Crippen LogP contribution in [0.2, 0.25) is 0 Å². The third-order valence-electron chi connectivity index (χ3n) is 6.50. The molecule has 0 aromatic carbocycles. The molecule has 0 heterocycles. The van der Waals surface area contributed by atoms with E-state index >= 15 is 0 Å². The molecule has 0 aliphatic carbocycles. The Bertz CT molecular complexity index is 472. The summed E-state index contributed by atoms with van der Waals surface area (Å²) < 4.78 is 10.2. The Morgan fingerprint density at radius 2 is 0.882 bits per heavy atom. The van der Waals surface area contributed by atoms with Crippen molar-refractivity contribution in [2.45, 2.75) is 168 Å². The van der Waals surface area contributed by atoms with Gasteiger partial charge >= 0.3 is 11.9 Å². The SMILES string of the molecule is CCCCCCCCCCCCCC(=O)OCC=[O+]C(=O)CCCCCCCCCCCCC. The summed E-state index contributed by atoms with van der Waals surface area (Å²) >= 11 is 0. The summed E-state index contributed by atoms with van der Waals surface area (Å²) in [5, 5.41) is 0. The van der Waals surface area contributed by atoms with E-state index in [0.29, 0.717) is 12.8 Å². The smallest absolute Gasteiger partial charge is 0.455 e. The predicted octanol–water partition coefficient (Wildman–Crippen LogP) is 9.19. The van der Waals surface area contributed by atoms with E-state index in [0.717, 1.165) is 25.7 Å². The van der Waals surface area contributed by atoms with Gasteiger partial charge in [-0.2, -0.15) is 0 Å². The van der Waals surface area contributed by atoms with E-state index in [9.17, 15) is 9.59 Å². The van der Waals surface area contributed by atoms with Crippen LogP contribution < -0.4 is 0 Å². The van der Waals surface area contributed by atoms with E-state index in [2.05, 4.69) is 13.8 Å². The molecule has 4 nitrogen and oxygen atoms in total. The van der Waals surface area contributed by atoms with Crippen molar-refractivity contribution in [3.05, 3.63) is 0 Å². The molecule has 0 radical (unpaired) electrons. The predicted molar refractivity (Wildman–Crippen MR) is 144 cm³/mol. The average Bonchev–Trinajstić information content (AvgIpc) is 2.83. The fourth-order valence-electron chi connectivity index (χ4n) is 4.25. The van der Waals surface area contributed by atoms with E-state index in [4.69, 9.17) is 9.16 Å². The second-order valence-corrected chi connectivity index (χ2v) is 9.91. The summed E-state index contributed by atoms with van der Waals surface area (Å²) in [4.78, 5) is 23.5. The summed E-state index contributed by atoms with van der Waals surface area (Å²) in [7, 11) is 0. The zero-order valence-electron chi connectivity index (χ0n) is 22.9. The van der Waals surface area contributed by atoms with Gasteiger partial charge in [0.25, 0.3) is 0 Å². The standard InChI is InChI=1S/C30H57O4/c1-3-5-7-9-11-13-15-17-19-21-23-25-29(31)33-27-28-34-30(32)26-24-22-20-18-16-14-12-10-8-6-4-2/h27H,3-26,28H2,1-2H3/q+1. The maximum absolute atomic E-state index is 11.8. The van der Waals surface area contributed by atoms with Crippen LogP contribution in [0.1, 0.15) is 168 Å². The van der Waals surface area contributed by atoms with Gasteiger partial charge < -0.3 is 4.74 Å². The van der Waals surface area contributed by atoms with Crippen LogP contribution in [0.25, 0.3) is 0 Å². The summed E-state index contributed by atoms with van der Waals surface area (Å²) in [5.74, 6) is -0.425. The van der Waals surface area contributed by atoms with Crippen molar-refractivity contribution >= 4 is 18.2 Å². The third-order valence-corrected chi connectivity index (χ3v) is 6.50. The van der Waals surface area contributed by atoms with Crippen LogP contribution in [0.4, 0.5) is 0 Å². The van der Waals surface area contributed by atoms with Crippen LogP contribution in [0.15, 0.2) is 0 Å². The minimum absolute atomic E-state index is 0.0564. The lowest BCUT2D eigenvalue weighted by Gasteiger charge is -2.03. The monoisotopic (exact) mass is 481 g/mol. The molecule has 0 bridgehead atoms. The molecule has 0 aliphatic rings. The van der Waals surface area contributed by atoms with E-state index in [-0.39, 0.29) is 18.5 Å². The Balaban J connectivity index is 3.37. The molecule has 0 N–H and O–H groups in total. The van der Waals surface area contributed by atoms with Crippen LogP contribution in [0, 0.1) is 0 Å². The number of hydrogen-bond acceptors (Lipinski definition) is 3. The minimum atomic E-state index is -0.225. The molecule has 0 fully saturated rings. The minimum Gasteiger partial charge on any atom is -0.455 e. The largest absolute Gasteiger partial charge is 0.579 e. The van der Waals surface area contributed by atoms with Crippen LogP contribution in [0.3, 0.4) is 0 Å². The van der Waals surface area contributed by atoms with Gasteiger partial charge in [-0.25, -0.2) is 0 Å². The van der Waals surface area contributed by atoms with Gasteiger partial charge in [0.1, 0.15) is 6.42 Å². The highest BCUT2D eigenvalue weighted by atomic mass is 16.5. The molecule has 0 rings (SSSR count). The molecule has 0 aliphatic heterocycles. The van der Waals surface area contributed by atoms with Gasteiger partial charge in [0.15, 0.2) is 6.61 Å². The Hall–Kier alpha value is -1.19. The van der Waals surface area contributed by atoms with Crippen LogP contribution >= 0.6 is 0 Å². The van der Waals surface area contributed by atoms with Crippen molar-refractivity contribution in [2.75, 3.05) is 6.61 Å². The highest BCUT2D eigenvalue weighted by molar-refractivity contribution is 5.73. The van der Waals surface area contributed by atoms with Gasteiger partial charge in [-0.15, -0.1) is 0 Å². The van der Waals surface area contributed by atoms with Crippen LogP contribution in [-0.2, 0) is 18.8 Å². The normalized spacial score (nSPS) is 11.4. The lowest BCUT2D eigenvalue weighted by atomic mass is 10.1. The summed E-state index contributed by atoms with van der Waals surface area (Å²) in [6.45, 7) is 4.56. The fourth-order valence-corrected chi connectivity index (χ4v) is 4.25. The molecule has 0 atom stereocenters. The number of ether oxygens (including phenoxy) is 1. The second-order valence-electron chi connectivity index (χ2n) is 9.91. The fraction of sp³-hybridized carbons (Fsp3) is 0.900. The average molecular weight is 482 g/mol. The van der Waals surface area contributed by atoms with Crippen LogP contribution in [0.5, 0.6) is 0 Å². The molecule has 4 heteroatoms. The second kappa shape index (κ2) is 28.1. The highest BCUT2D eigenvalue weighted by Gasteiger charge is 2.12. The number of esters is 1. The molecule has 0 aromatic rings. The number of aldehydes is 1. The topological polar surface area (TPSA) is 54.7 Å². The first-order chi connectivity index (χ1) is 16.7. The van der Waals surface area contributed by atoms with Gasteiger partial charge in [0, 0.05) is 11.2 Å². The highest BCUT2D eigenvalue weighted by Crippen LogP contribution is 2.13. The Kier molecular flexibility index (Phi) is 27.1. The number of hydrogen-bond donors (Lipinski definition) is 0. The zero-order chi connectivity index (χ0) is 25.0. The van der Waals surface area contributed by atoms with Crippen molar-refractivity contribution in [1.82, 2.24) is 0 Å². The number of unbranched alkanes of at least 4 members (excludes halogenated alkanes) is 20. The van der Waals surface area contributed by atoms with Crippen molar-refractivity contribution in [3.8, 4) is 0 Å².